The minimum atomic E-state index is -2.56. The molecule has 12 nitrogen and oxygen atoms in total. The summed E-state index contributed by atoms with van der Waals surface area (Å²) in [7, 11) is -12.0. The van der Waals surface area contributed by atoms with Crippen molar-refractivity contribution >= 4 is 94.5 Å². The van der Waals surface area contributed by atoms with Gasteiger partial charge in [-0.05, 0) is 117 Å². The van der Waals surface area contributed by atoms with E-state index in [1.807, 2.05) is 45.1 Å². The summed E-state index contributed by atoms with van der Waals surface area (Å²) in [5.41, 5.74) is 0. The fourth-order valence-electron chi connectivity index (χ4n) is 10.4. The van der Waals surface area contributed by atoms with Crippen LogP contribution < -0.4 is 0 Å². The van der Waals surface area contributed by atoms with Gasteiger partial charge in [0.2, 0.25) is 3.79 Å². The molecule has 0 amide bonds. The summed E-state index contributed by atoms with van der Waals surface area (Å²) in [6, 6.07) is 0. The minimum absolute atomic E-state index is 0.00801. The Morgan fingerprint density at radius 2 is 0.768 bits per heavy atom. The first kappa shape index (κ1) is 91.4. The summed E-state index contributed by atoms with van der Waals surface area (Å²) in [5, 5.41) is -0.465. The molecule has 0 bridgehead atoms. The highest BCUT2D eigenvalue weighted by Gasteiger charge is 2.50. The fraction of sp³-hybridized carbons (Fsp3) is 0.800. The Morgan fingerprint density at radius 3 is 1.06 bits per heavy atom. The fourth-order valence-corrected chi connectivity index (χ4v) is 17.6. The maximum Gasteiger partial charge on any atom is 0.508 e. The molecule has 0 aromatic carbocycles. The summed E-state index contributed by atoms with van der Waals surface area (Å²) < 4.78 is 59.6. The largest absolute Gasteiger partial charge is 0.508 e. The van der Waals surface area contributed by atoms with Crippen LogP contribution in [-0.4, -0.2) is 119 Å². The summed E-state index contributed by atoms with van der Waals surface area (Å²) in [6.07, 6.45) is 19.8. The maximum absolute atomic E-state index is 14.5. The van der Waals surface area contributed by atoms with Crippen LogP contribution in [0.2, 0.25) is 90.7 Å². The molecule has 0 radical (unpaired) electrons. The quantitative estimate of drug-likeness (QED) is 0.0243. The van der Waals surface area contributed by atoms with Crippen molar-refractivity contribution in [2.75, 3.05) is 6.61 Å². The van der Waals surface area contributed by atoms with Gasteiger partial charge in [0.15, 0.2) is 41.6 Å². The Bertz CT molecular complexity index is 2570. The minimum Gasteiger partial charge on any atom is -0.458 e. The van der Waals surface area contributed by atoms with E-state index in [4.69, 9.17) is 75.9 Å². The molecule has 1 aliphatic rings. The van der Waals surface area contributed by atoms with Gasteiger partial charge in [0.25, 0.3) is 0 Å². The number of rotatable bonds is 28. The lowest BCUT2D eigenvalue weighted by atomic mass is 9.81. The van der Waals surface area contributed by atoms with Crippen molar-refractivity contribution in [2.24, 2.45) is 47.3 Å². The van der Waals surface area contributed by atoms with Gasteiger partial charge in [-0.3, -0.25) is 0 Å². The van der Waals surface area contributed by atoms with E-state index in [2.05, 4.69) is 242 Å². The molecule has 0 spiro atoms. The molecular formula is C75H139Cl3O12Si5. The van der Waals surface area contributed by atoms with E-state index < -0.39 is 107 Å². The van der Waals surface area contributed by atoms with Gasteiger partial charge in [-0.25, -0.2) is 14.4 Å². The van der Waals surface area contributed by atoms with Crippen LogP contribution in [0.5, 0.6) is 0 Å². The van der Waals surface area contributed by atoms with Gasteiger partial charge in [0, 0.05) is 65.6 Å². The number of halogens is 3. The van der Waals surface area contributed by atoms with Gasteiger partial charge in [-0.1, -0.05) is 255 Å². The first-order valence-corrected chi connectivity index (χ1v) is 51.1. The number of alkyl halides is 3. The second kappa shape index (κ2) is 36.5. The van der Waals surface area contributed by atoms with E-state index in [1.54, 1.807) is 12.2 Å². The summed E-state index contributed by atoms with van der Waals surface area (Å²) >= 11 is 17.6. The number of hydrogen-bond acceptors (Lipinski definition) is 12. The van der Waals surface area contributed by atoms with Gasteiger partial charge < -0.3 is 41.1 Å². The Morgan fingerprint density at radius 1 is 0.474 bits per heavy atom. The zero-order valence-corrected chi connectivity index (χ0v) is 73.6. The Labute approximate surface area is 602 Å². The molecule has 0 saturated carbocycles. The highest BCUT2D eigenvalue weighted by molar-refractivity contribution is 6.76. The normalized spacial score (nSPS) is 24.0. The monoisotopic (exact) mass is 1480 g/mol. The average molecular weight is 1480 g/mol. The van der Waals surface area contributed by atoms with Crippen LogP contribution in [0.3, 0.4) is 0 Å². The Balaban J connectivity index is 4.22. The second-order valence-electron chi connectivity index (χ2n) is 35.3. The molecule has 20 heteroatoms. The highest BCUT2D eigenvalue weighted by atomic mass is 35.6. The zero-order valence-electron chi connectivity index (χ0n) is 66.3. The van der Waals surface area contributed by atoms with E-state index in [0.717, 1.165) is 6.42 Å². The van der Waals surface area contributed by atoms with Gasteiger partial charge in [-0.15, -0.1) is 0 Å². The molecule has 1 aliphatic heterocycles. The number of carbonyl (C=O) groups is 3. The third kappa shape index (κ3) is 28.6. The predicted molar refractivity (Wildman–Crippen MR) is 415 cm³/mol. The highest BCUT2D eigenvalue weighted by Crippen LogP contribution is 2.47. The molecule has 552 valence electrons. The number of ether oxygens (including phenoxy) is 4. The van der Waals surface area contributed by atoms with Crippen LogP contribution in [0.1, 0.15) is 186 Å². The lowest BCUT2D eigenvalue weighted by Crippen LogP contribution is -2.54. The number of carbonyl (C=O) groups excluding carboxylic acids is 3. The van der Waals surface area contributed by atoms with Crippen molar-refractivity contribution in [3.8, 4) is 0 Å². The van der Waals surface area contributed by atoms with E-state index in [9.17, 15) is 14.4 Å². The van der Waals surface area contributed by atoms with Gasteiger partial charge >= 0.3 is 18.1 Å². The summed E-state index contributed by atoms with van der Waals surface area (Å²) in [5.74, 6) is -2.90. The van der Waals surface area contributed by atoms with Gasteiger partial charge in [-0.2, -0.15) is 0 Å². The zero-order chi connectivity index (χ0) is 74.4. The van der Waals surface area contributed by atoms with Crippen molar-refractivity contribution < 1.29 is 55.5 Å². The molecule has 0 fully saturated rings. The molecule has 16 atom stereocenters. The van der Waals surface area contributed by atoms with Crippen molar-refractivity contribution in [1.82, 2.24) is 0 Å². The van der Waals surface area contributed by atoms with Gasteiger partial charge in [0.05, 0.1) is 24.4 Å². The number of hydrogen-bond donors (Lipinski definition) is 0. The molecule has 0 saturated heterocycles. The third-order valence-electron chi connectivity index (χ3n) is 22.3. The molecule has 1 rings (SSSR count). The second-order valence-corrected chi connectivity index (χ2v) is 61.6. The molecule has 2 unspecified atom stereocenters. The van der Waals surface area contributed by atoms with Crippen molar-refractivity contribution in [3.63, 3.8) is 0 Å². The first-order chi connectivity index (χ1) is 42.6. The lowest BCUT2D eigenvalue weighted by Gasteiger charge is -2.47. The van der Waals surface area contributed by atoms with Crippen molar-refractivity contribution in [2.45, 2.75) is 329 Å². The van der Waals surface area contributed by atoms with Crippen LogP contribution in [0.25, 0.3) is 0 Å². The molecule has 0 aromatic heterocycles. The topological polar surface area (TPSA) is 134 Å². The number of cyclic esters (lactones) is 2. The Hall–Kier alpha value is -1.60. The number of esters is 2. The average Bonchev–Trinajstić information content (AvgIpc) is 0.797. The SMILES string of the molecule is CC[C@@H](/C=C/C(O[Si](C)(C)C(C)(C)C)[C@@H](C)[C@H](O[Si](C)(C)C(C)(C)C)[C@H](C)[C@H]1OC(=O)/C=C/C=C/[C@H](C)[C@@H]([C@@H](C)[C@@H](O[Si](C)(C)C(C)(C)C)[C@H](C)C(/C=C/[C@H](CC)[C@@H](C)O[Si](C)(C)C(C)(C)C)O[Si](C)(C)C(C)(C)C)OC(=O)/C=C/C=C/[C@@H]1C)[C@@H](C)OC(=O)OCC(Cl)(Cl)Cl. The van der Waals surface area contributed by atoms with Crippen LogP contribution in [0.15, 0.2) is 72.9 Å². The van der Waals surface area contributed by atoms with E-state index in [0.29, 0.717) is 6.42 Å². The maximum atomic E-state index is 14.5. The predicted octanol–water partition coefficient (Wildman–Crippen LogP) is 22.9. The third-order valence-corrected chi connectivity index (χ3v) is 45.1. The summed E-state index contributed by atoms with van der Waals surface area (Å²) in [6.45, 7) is 77.2. The van der Waals surface area contributed by atoms with Gasteiger partial charge in [0.1, 0.15) is 24.9 Å². The van der Waals surface area contributed by atoms with E-state index >= 15 is 0 Å². The van der Waals surface area contributed by atoms with Crippen molar-refractivity contribution in [3.05, 3.63) is 72.9 Å². The molecule has 0 aromatic rings. The Kier molecular flexibility index (Phi) is 35.1. The lowest BCUT2D eigenvalue weighted by molar-refractivity contribution is -0.152. The molecule has 0 aliphatic carbocycles. The summed E-state index contributed by atoms with van der Waals surface area (Å²) in [4.78, 5) is 41.8. The molecule has 1 heterocycles. The molecule has 0 N–H and O–H groups in total. The van der Waals surface area contributed by atoms with Crippen LogP contribution >= 0.6 is 34.8 Å². The van der Waals surface area contributed by atoms with Crippen molar-refractivity contribution in [1.29, 1.82) is 0 Å². The van der Waals surface area contributed by atoms with Crippen LogP contribution in [0.4, 0.5) is 4.79 Å². The standard InChI is InChI=1S/C75H139Cl3O12Si5/c1-36-59(57(9)83-69(81)82-50-75(76,77)78)46-48-61(87-92(28,29)71(14,15)16)53(5)67(89-94(32,33)73(20,21)22)55(7)65-51(3)42-38-40-45-64(80)85-66(52(4)43-39-41-44-63(79)84-65)56(8)68(90-95(34,35)74(23,24)25)54(6)62(88-93(30,31)72(17,18)19)49-47-60(37-2)58(10)86-91(26,27)70(11,12)13/h38-49,51-62,65-68H,36-37,50H2,1-35H3/b42-38+,43-39+,44-41+,45-40+,48-46+,49-47+/t51-,52-,53+,54+,55+,56+,57+,58+,59-,60-,61?,62?,65-,66-,67-,68-/m0/s1. The smallest absolute Gasteiger partial charge is 0.458 e. The number of allylic oxidation sites excluding steroid dienone is 4. The van der Waals surface area contributed by atoms with E-state index in [1.165, 1.54) is 12.2 Å². The van der Waals surface area contributed by atoms with Crippen LogP contribution in [0, 0.1) is 47.3 Å². The van der Waals surface area contributed by atoms with Crippen LogP contribution in [-0.2, 0) is 50.7 Å². The van der Waals surface area contributed by atoms with E-state index in [-0.39, 0.29) is 84.7 Å². The molecule has 95 heavy (non-hydrogen) atoms. The first-order valence-electron chi connectivity index (χ1n) is 35.4. The molecular weight excluding hydrogens is 1340 g/mol.